The van der Waals surface area contributed by atoms with Crippen LogP contribution in [0.4, 0.5) is 5.69 Å². The van der Waals surface area contributed by atoms with E-state index in [9.17, 15) is 0 Å². The van der Waals surface area contributed by atoms with Gasteiger partial charge in [-0.05, 0) is 49.9 Å². The van der Waals surface area contributed by atoms with Crippen LogP contribution in [0.2, 0.25) is 0 Å². The van der Waals surface area contributed by atoms with Gasteiger partial charge >= 0.3 is 0 Å². The molecule has 2 heterocycles. The molecule has 4 nitrogen and oxygen atoms in total. The topological polar surface area (TPSA) is 44.0 Å². The lowest BCUT2D eigenvalue weighted by molar-refractivity contribution is 0.307. The molecule has 112 valence electrons. The molecule has 2 aromatic rings. The second-order valence-electron chi connectivity index (χ2n) is 5.92. The van der Waals surface area contributed by atoms with Crippen molar-refractivity contribution in [3.63, 3.8) is 0 Å². The molecule has 1 aromatic carbocycles. The number of H-pyrrole nitrogens is 1. The van der Waals surface area contributed by atoms with Crippen LogP contribution in [0.3, 0.4) is 0 Å². The van der Waals surface area contributed by atoms with Gasteiger partial charge in [0.05, 0.1) is 17.6 Å². The minimum absolute atomic E-state index is 0.822. The summed E-state index contributed by atoms with van der Waals surface area (Å²) >= 11 is 0. The number of allylic oxidation sites excluding steroid dienone is 1. The quantitative estimate of drug-likeness (QED) is 0.799. The number of nitrogens with zero attached hydrogens (tertiary/aromatic N) is 2. The highest BCUT2D eigenvalue weighted by molar-refractivity contribution is 5.79. The van der Waals surface area contributed by atoms with E-state index in [1.807, 2.05) is 13.1 Å². The number of hydrogen-bond donors (Lipinski definition) is 2. The summed E-state index contributed by atoms with van der Waals surface area (Å²) in [4.78, 5) is 10.6. The second kappa shape index (κ2) is 6.31. The highest BCUT2D eigenvalue weighted by Crippen LogP contribution is 2.23. The van der Waals surface area contributed by atoms with Crippen LogP contribution in [0.1, 0.15) is 25.1 Å². The van der Waals surface area contributed by atoms with Crippen LogP contribution in [0.25, 0.3) is 11.0 Å². The Morgan fingerprint density at radius 3 is 3.24 bits per heavy atom. The summed E-state index contributed by atoms with van der Waals surface area (Å²) in [7, 11) is 1.94. The molecule has 4 heteroatoms. The fraction of sp³-hybridized carbons (Fsp3) is 0.471. The third-order valence-electron chi connectivity index (χ3n) is 4.34. The molecule has 0 amide bonds. The first-order chi connectivity index (χ1) is 10.3. The van der Waals surface area contributed by atoms with Gasteiger partial charge in [-0.3, -0.25) is 4.90 Å². The maximum absolute atomic E-state index is 4.70. The molecule has 1 saturated heterocycles. The summed E-state index contributed by atoms with van der Waals surface area (Å²) in [5.41, 5.74) is 3.27. The third kappa shape index (κ3) is 3.27. The molecule has 2 N–H and O–H groups in total. The lowest BCUT2D eigenvalue weighted by Crippen LogP contribution is -2.20. The van der Waals surface area contributed by atoms with Gasteiger partial charge in [-0.2, -0.15) is 0 Å². The summed E-state index contributed by atoms with van der Waals surface area (Å²) < 4.78 is 0. The SMILES string of the molecule is C=CCCC1CCN(Cc2nc3ccc(NC)cc3[nH]2)C1. The molecular formula is C17H24N4. The second-order valence-corrected chi connectivity index (χ2v) is 5.92. The first-order valence-corrected chi connectivity index (χ1v) is 7.78. The van der Waals surface area contributed by atoms with Crippen LogP contribution in [0.5, 0.6) is 0 Å². The predicted octanol–water partition coefficient (Wildman–Crippen LogP) is 3.39. The van der Waals surface area contributed by atoms with Gasteiger partial charge in [0.2, 0.25) is 0 Å². The predicted molar refractivity (Wildman–Crippen MR) is 88.5 cm³/mol. The maximum Gasteiger partial charge on any atom is 0.121 e. The smallest absolute Gasteiger partial charge is 0.121 e. The Kier molecular flexibility index (Phi) is 4.25. The Labute approximate surface area is 126 Å². The molecule has 3 rings (SSSR count). The van der Waals surface area contributed by atoms with Gasteiger partial charge < -0.3 is 10.3 Å². The Bertz CT molecular complexity index is 616. The summed E-state index contributed by atoms with van der Waals surface area (Å²) in [5, 5.41) is 3.16. The molecule has 0 radical (unpaired) electrons. The molecule has 1 fully saturated rings. The molecule has 1 aliphatic heterocycles. The molecule has 1 aromatic heterocycles. The van der Waals surface area contributed by atoms with E-state index in [1.54, 1.807) is 0 Å². The van der Waals surface area contributed by atoms with Crippen LogP contribution in [-0.4, -0.2) is 35.0 Å². The van der Waals surface area contributed by atoms with E-state index in [0.717, 1.165) is 41.4 Å². The monoisotopic (exact) mass is 284 g/mol. The number of imidazole rings is 1. The van der Waals surface area contributed by atoms with Crippen LogP contribution in [0, 0.1) is 5.92 Å². The minimum Gasteiger partial charge on any atom is -0.388 e. The van der Waals surface area contributed by atoms with E-state index < -0.39 is 0 Å². The van der Waals surface area contributed by atoms with Gasteiger partial charge in [0.1, 0.15) is 5.82 Å². The zero-order valence-electron chi connectivity index (χ0n) is 12.7. The average Bonchev–Trinajstić information content (AvgIpc) is 3.10. The lowest BCUT2D eigenvalue weighted by atomic mass is 10.0. The van der Waals surface area contributed by atoms with Gasteiger partial charge in [-0.25, -0.2) is 4.98 Å². The Morgan fingerprint density at radius 1 is 1.52 bits per heavy atom. The number of rotatable bonds is 6. The van der Waals surface area contributed by atoms with E-state index in [4.69, 9.17) is 4.98 Å². The average molecular weight is 284 g/mol. The molecular weight excluding hydrogens is 260 g/mol. The molecule has 1 aliphatic rings. The number of fused-ring (bicyclic) bond motifs is 1. The summed E-state index contributed by atoms with van der Waals surface area (Å²) in [6.45, 7) is 7.11. The maximum atomic E-state index is 4.70. The van der Waals surface area contributed by atoms with E-state index in [-0.39, 0.29) is 0 Å². The van der Waals surface area contributed by atoms with Crippen molar-refractivity contribution in [1.82, 2.24) is 14.9 Å². The van der Waals surface area contributed by atoms with Crippen molar-refractivity contribution in [2.45, 2.75) is 25.8 Å². The van der Waals surface area contributed by atoms with Crippen molar-refractivity contribution >= 4 is 16.7 Å². The Hall–Kier alpha value is -1.81. The number of benzene rings is 1. The highest BCUT2D eigenvalue weighted by atomic mass is 15.2. The van der Waals surface area contributed by atoms with Crippen LogP contribution >= 0.6 is 0 Å². The van der Waals surface area contributed by atoms with Crippen molar-refractivity contribution in [3.8, 4) is 0 Å². The normalized spacial score (nSPS) is 19.2. The van der Waals surface area contributed by atoms with Gasteiger partial charge in [0.25, 0.3) is 0 Å². The number of aromatic amines is 1. The fourth-order valence-electron chi connectivity index (χ4n) is 3.15. The number of likely N-dealkylation sites (tertiary alicyclic amines) is 1. The van der Waals surface area contributed by atoms with Gasteiger partial charge in [0, 0.05) is 19.3 Å². The van der Waals surface area contributed by atoms with Crippen molar-refractivity contribution in [3.05, 3.63) is 36.7 Å². The van der Waals surface area contributed by atoms with Crippen LogP contribution in [0.15, 0.2) is 30.9 Å². The molecule has 0 spiro atoms. The van der Waals surface area contributed by atoms with E-state index in [1.165, 1.54) is 25.9 Å². The number of aromatic nitrogens is 2. The van der Waals surface area contributed by atoms with E-state index in [2.05, 4.69) is 40.0 Å². The molecule has 0 saturated carbocycles. The Morgan fingerprint density at radius 2 is 2.43 bits per heavy atom. The molecule has 0 aliphatic carbocycles. The van der Waals surface area contributed by atoms with Crippen molar-refractivity contribution in [2.75, 3.05) is 25.5 Å². The minimum atomic E-state index is 0.822. The fourth-order valence-corrected chi connectivity index (χ4v) is 3.15. The molecule has 21 heavy (non-hydrogen) atoms. The summed E-state index contributed by atoms with van der Waals surface area (Å²) in [6.07, 6.45) is 5.74. The molecule has 1 atom stereocenters. The molecule has 0 bridgehead atoms. The number of nitrogens with one attached hydrogen (secondary N) is 2. The third-order valence-corrected chi connectivity index (χ3v) is 4.34. The summed E-state index contributed by atoms with van der Waals surface area (Å²) in [6, 6.07) is 6.24. The highest BCUT2D eigenvalue weighted by Gasteiger charge is 2.22. The first kappa shape index (κ1) is 14.1. The van der Waals surface area contributed by atoms with Crippen LogP contribution in [-0.2, 0) is 6.54 Å². The van der Waals surface area contributed by atoms with Crippen molar-refractivity contribution in [2.24, 2.45) is 5.92 Å². The largest absolute Gasteiger partial charge is 0.388 e. The molecule has 1 unspecified atom stereocenters. The van der Waals surface area contributed by atoms with Crippen molar-refractivity contribution in [1.29, 1.82) is 0 Å². The number of anilines is 1. The van der Waals surface area contributed by atoms with E-state index >= 15 is 0 Å². The van der Waals surface area contributed by atoms with Crippen molar-refractivity contribution < 1.29 is 0 Å². The van der Waals surface area contributed by atoms with E-state index in [0.29, 0.717) is 0 Å². The van der Waals surface area contributed by atoms with Crippen LogP contribution < -0.4 is 5.32 Å². The van der Waals surface area contributed by atoms with Gasteiger partial charge in [-0.1, -0.05) is 6.08 Å². The zero-order valence-corrected chi connectivity index (χ0v) is 12.7. The Balaban J connectivity index is 1.64. The standard InChI is InChI=1S/C17H24N4/c1-3-4-5-13-8-9-21(11-13)12-17-19-15-7-6-14(18-2)10-16(15)20-17/h3,6-7,10,13,18H,1,4-5,8-9,11-12H2,2H3,(H,19,20). The van der Waals surface area contributed by atoms with Gasteiger partial charge in [-0.15, -0.1) is 6.58 Å². The lowest BCUT2D eigenvalue weighted by Gasteiger charge is -2.13. The summed E-state index contributed by atoms with van der Waals surface area (Å²) in [5.74, 6) is 1.89. The zero-order chi connectivity index (χ0) is 14.7. The number of hydrogen-bond acceptors (Lipinski definition) is 3. The van der Waals surface area contributed by atoms with Gasteiger partial charge in [0.15, 0.2) is 0 Å². The first-order valence-electron chi connectivity index (χ1n) is 7.78.